The summed E-state index contributed by atoms with van der Waals surface area (Å²) in [6, 6.07) is 0. The van der Waals surface area contributed by atoms with Crippen molar-refractivity contribution < 1.29 is 4.74 Å². The highest BCUT2D eigenvalue weighted by Crippen LogP contribution is 2.12. The van der Waals surface area contributed by atoms with E-state index in [4.69, 9.17) is 4.74 Å². The van der Waals surface area contributed by atoms with Crippen molar-refractivity contribution >= 4 is 0 Å². The van der Waals surface area contributed by atoms with Crippen LogP contribution in [0, 0.1) is 0 Å². The van der Waals surface area contributed by atoms with E-state index in [1.165, 1.54) is 12.8 Å². The van der Waals surface area contributed by atoms with Gasteiger partial charge in [-0.15, -0.1) is 6.58 Å². The Labute approximate surface area is 93.5 Å². The van der Waals surface area contributed by atoms with Crippen LogP contribution in [0.5, 0.6) is 0 Å². The highest BCUT2D eigenvalue weighted by atomic mass is 16.5. The van der Waals surface area contributed by atoms with Crippen molar-refractivity contribution in [3.05, 3.63) is 12.7 Å². The maximum absolute atomic E-state index is 5.63. The van der Waals surface area contributed by atoms with Crippen molar-refractivity contribution in [2.45, 2.75) is 25.9 Å². The number of likely N-dealkylation sites (N-methyl/N-ethyl adjacent to an activating group) is 1. The topological polar surface area (TPSA) is 24.5 Å². The lowest BCUT2D eigenvalue weighted by Crippen LogP contribution is -2.37. The summed E-state index contributed by atoms with van der Waals surface area (Å²) < 4.78 is 5.63. The SMILES string of the molecule is C=CCNCCN(CC)CC1CCCO1. The molecule has 1 aliphatic heterocycles. The molecule has 1 unspecified atom stereocenters. The second-order valence-electron chi connectivity index (χ2n) is 4.02. The molecule has 1 heterocycles. The van der Waals surface area contributed by atoms with Gasteiger partial charge in [0, 0.05) is 32.8 Å². The molecule has 1 N–H and O–H groups in total. The molecular formula is C12H24N2O. The van der Waals surface area contributed by atoms with Crippen LogP contribution in [0.25, 0.3) is 0 Å². The zero-order valence-electron chi connectivity index (χ0n) is 9.87. The molecule has 0 amide bonds. The fraction of sp³-hybridized carbons (Fsp3) is 0.833. The number of nitrogens with one attached hydrogen (secondary N) is 1. The zero-order chi connectivity index (χ0) is 10.9. The second kappa shape index (κ2) is 7.85. The molecule has 1 aliphatic rings. The average molecular weight is 212 g/mol. The monoisotopic (exact) mass is 212 g/mol. The van der Waals surface area contributed by atoms with E-state index in [-0.39, 0.29) is 0 Å². The lowest BCUT2D eigenvalue weighted by molar-refractivity contribution is 0.0752. The van der Waals surface area contributed by atoms with Gasteiger partial charge in [-0.3, -0.25) is 4.90 Å². The summed E-state index contributed by atoms with van der Waals surface area (Å²) in [6.45, 7) is 12.1. The first-order valence-corrected chi connectivity index (χ1v) is 6.02. The van der Waals surface area contributed by atoms with Crippen molar-refractivity contribution in [3.63, 3.8) is 0 Å². The average Bonchev–Trinajstić information content (AvgIpc) is 2.75. The van der Waals surface area contributed by atoms with Crippen molar-refractivity contribution in [2.24, 2.45) is 0 Å². The van der Waals surface area contributed by atoms with Gasteiger partial charge in [-0.25, -0.2) is 0 Å². The van der Waals surface area contributed by atoms with Crippen LogP contribution in [0.15, 0.2) is 12.7 Å². The molecule has 0 aromatic rings. The summed E-state index contributed by atoms with van der Waals surface area (Å²) in [4.78, 5) is 2.45. The Morgan fingerprint density at radius 2 is 2.47 bits per heavy atom. The Bertz CT molecular complexity index is 167. The Kier molecular flexibility index (Phi) is 6.64. The van der Waals surface area contributed by atoms with Gasteiger partial charge in [0.2, 0.25) is 0 Å². The molecule has 1 rings (SSSR count). The smallest absolute Gasteiger partial charge is 0.0702 e. The molecular weight excluding hydrogens is 188 g/mol. The molecule has 0 aromatic carbocycles. The van der Waals surface area contributed by atoms with E-state index in [2.05, 4.69) is 23.7 Å². The summed E-state index contributed by atoms with van der Waals surface area (Å²) in [5.41, 5.74) is 0. The molecule has 0 aromatic heterocycles. The summed E-state index contributed by atoms with van der Waals surface area (Å²) >= 11 is 0. The normalized spacial score (nSPS) is 21.1. The van der Waals surface area contributed by atoms with E-state index in [1.807, 2.05) is 6.08 Å². The van der Waals surface area contributed by atoms with Crippen LogP contribution in [0.1, 0.15) is 19.8 Å². The van der Waals surface area contributed by atoms with Crippen LogP contribution < -0.4 is 5.32 Å². The number of rotatable bonds is 8. The van der Waals surface area contributed by atoms with Gasteiger partial charge in [-0.1, -0.05) is 13.0 Å². The fourth-order valence-electron chi connectivity index (χ4n) is 1.90. The van der Waals surface area contributed by atoms with Crippen LogP contribution in [-0.2, 0) is 4.74 Å². The molecule has 3 heteroatoms. The number of ether oxygens (including phenoxy) is 1. The van der Waals surface area contributed by atoms with Gasteiger partial charge in [0.15, 0.2) is 0 Å². The van der Waals surface area contributed by atoms with Crippen LogP contribution >= 0.6 is 0 Å². The van der Waals surface area contributed by atoms with Gasteiger partial charge < -0.3 is 10.1 Å². The van der Waals surface area contributed by atoms with Crippen LogP contribution in [-0.4, -0.2) is 50.3 Å². The third-order valence-corrected chi connectivity index (χ3v) is 2.83. The molecule has 0 saturated carbocycles. The first kappa shape index (κ1) is 12.7. The molecule has 0 spiro atoms. The molecule has 88 valence electrons. The molecule has 3 nitrogen and oxygen atoms in total. The van der Waals surface area contributed by atoms with E-state index in [0.29, 0.717) is 6.10 Å². The molecule has 0 aliphatic carbocycles. The Balaban J connectivity index is 2.08. The molecule has 0 bridgehead atoms. The minimum absolute atomic E-state index is 0.476. The molecule has 1 saturated heterocycles. The number of hydrogen-bond acceptors (Lipinski definition) is 3. The lowest BCUT2D eigenvalue weighted by atomic mass is 10.2. The largest absolute Gasteiger partial charge is 0.377 e. The maximum Gasteiger partial charge on any atom is 0.0702 e. The first-order chi connectivity index (χ1) is 7.36. The van der Waals surface area contributed by atoms with E-state index in [0.717, 1.165) is 39.3 Å². The van der Waals surface area contributed by atoms with Crippen molar-refractivity contribution in [1.29, 1.82) is 0 Å². The second-order valence-corrected chi connectivity index (χ2v) is 4.02. The first-order valence-electron chi connectivity index (χ1n) is 6.02. The van der Waals surface area contributed by atoms with Crippen LogP contribution in [0.4, 0.5) is 0 Å². The molecule has 0 radical (unpaired) electrons. The summed E-state index contributed by atoms with van der Waals surface area (Å²) in [5, 5.41) is 3.32. The van der Waals surface area contributed by atoms with E-state index in [9.17, 15) is 0 Å². The number of hydrogen-bond donors (Lipinski definition) is 1. The van der Waals surface area contributed by atoms with Crippen LogP contribution in [0.2, 0.25) is 0 Å². The zero-order valence-corrected chi connectivity index (χ0v) is 9.87. The predicted octanol–water partition coefficient (Wildman–Crippen LogP) is 1.26. The predicted molar refractivity (Wildman–Crippen MR) is 64.2 cm³/mol. The quantitative estimate of drug-likeness (QED) is 0.484. The van der Waals surface area contributed by atoms with E-state index in [1.54, 1.807) is 0 Å². The minimum Gasteiger partial charge on any atom is -0.377 e. The third-order valence-electron chi connectivity index (χ3n) is 2.83. The summed E-state index contributed by atoms with van der Waals surface area (Å²) in [6.07, 6.45) is 4.84. The fourth-order valence-corrected chi connectivity index (χ4v) is 1.90. The van der Waals surface area contributed by atoms with Crippen molar-refractivity contribution in [1.82, 2.24) is 10.2 Å². The minimum atomic E-state index is 0.476. The van der Waals surface area contributed by atoms with Crippen molar-refractivity contribution in [2.75, 3.05) is 39.3 Å². The van der Waals surface area contributed by atoms with Crippen molar-refractivity contribution in [3.8, 4) is 0 Å². The highest BCUT2D eigenvalue weighted by Gasteiger charge is 2.17. The number of nitrogens with zero attached hydrogens (tertiary/aromatic N) is 1. The van der Waals surface area contributed by atoms with Gasteiger partial charge in [0.25, 0.3) is 0 Å². The standard InChI is InChI=1S/C12H24N2O/c1-3-7-13-8-9-14(4-2)11-12-6-5-10-15-12/h3,12-13H,1,4-11H2,2H3. The summed E-state index contributed by atoms with van der Waals surface area (Å²) in [5.74, 6) is 0. The Hall–Kier alpha value is -0.380. The molecule has 1 atom stereocenters. The van der Waals surface area contributed by atoms with Gasteiger partial charge in [0.1, 0.15) is 0 Å². The Morgan fingerprint density at radius 1 is 1.60 bits per heavy atom. The molecule has 1 fully saturated rings. The third kappa shape index (κ3) is 5.30. The highest BCUT2D eigenvalue weighted by molar-refractivity contribution is 4.72. The molecule has 15 heavy (non-hydrogen) atoms. The van der Waals surface area contributed by atoms with Crippen LogP contribution in [0.3, 0.4) is 0 Å². The van der Waals surface area contributed by atoms with Gasteiger partial charge >= 0.3 is 0 Å². The Morgan fingerprint density at radius 3 is 3.07 bits per heavy atom. The van der Waals surface area contributed by atoms with E-state index >= 15 is 0 Å². The summed E-state index contributed by atoms with van der Waals surface area (Å²) in [7, 11) is 0. The van der Waals surface area contributed by atoms with E-state index < -0.39 is 0 Å². The van der Waals surface area contributed by atoms with Gasteiger partial charge in [0.05, 0.1) is 6.10 Å². The lowest BCUT2D eigenvalue weighted by Gasteiger charge is -2.23. The van der Waals surface area contributed by atoms with Gasteiger partial charge in [-0.2, -0.15) is 0 Å². The van der Waals surface area contributed by atoms with Gasteiger partial charge in [-0.05, 0) is 19.4 Å². The maximum atomic E-state index is 5.63.